The highest BCUT2D eigenvalue weighted by atomic mass is 16.2. The lowest BCUT2D eigenvalue weighted by Crippen LogP contribution is -2.52. The van der Waals surface area contributed by atoms with E-state index >= 15 is 0 Å². The van der Waals surface area contributed by atoms with E-state index in [4.69, 9.17) is 0 Å². The van der Waals surface area contributed by atoms with Crippen LogP contribution in [0.5, 0.6) is 0 Å². The molecule has 5 aromatic rings. The van der Waals surface area contributed by atoms with E-state index in [-0.39, 0.29) is 18.4 Å². The summed E-state index contributed by atoms with van der Waals surface area (Å²) in [7, 11) is 2.01. The molecule has 2 N–H and O–H groups in total. The highest BCUT2D eigenvalue weighted by Crippen LogP contribution is 2.44. The zero-order chi connectivity index (χ0) is 27.3. The zero-order valence-electron chi connectivity index (χ0n) is 22.0. The van der Waals surface area contributed by atoms with E-state index in [1.54, 1.807) is 17.9 Å². The van der Waals surface area contributed by atoms with Gasteiger partial charge < -0.3 is 14.0 Å². The summed E-state index contributed by atoms with van der Waals surface area (Å²) >= 11 is 0. The molecule has 6 rings (SSSR count). The number of hydrogen-bond acceptors (Lipinski definition) is 3. The van der Waals surface area contributed by atoms with E-state index in [0.29, 0.717) is 5.56 Å². The average molecular weight is 520 g/mol. The molecule has 1 aliphatic heterocycles. The largest absolute Gasteiger partial charge is 0.348 e. The number of benzene rings is 3. The first kappa shape index (κ1) is 24.5. The quantitative estimate of drug-likeness (QED) is 0.341. The molecule has 0 saturated heterocycles. The van der Waals surface area contributed by atoms with Crippen LogP contribution >= 0.6 is 0 Å². The van der Waals surface area contributed by atoms with Gasteiger partial charge in [-0.15, -0.1) is 0 Å². The second-order valence-electron chi connectivity index (χ2n) is 9.99. The van der Waals surface area contributed by atoms with Crippen molar-refractivity contribution in [2.24, 2.45) is 7.05 Å². The maximum atomic E-state index is 13.7. The molecule has 0 saturated carbocycles. The summed E-state index contributed by atoms with van der Waals surface area (Å²) in [6, 6.07) is 24.0. The van der Waals surface area contributed by atoms with Crippen molar-refractivity contribution < 1.29 is 14.4 Å². The number of carbonyl (C=O) groups is 3. The maximum absolute atomic E-state index is 13.7. The Morgan fingerprint density at radius 2 is 1.59 bits per heavy atom. The van der Waals surface area contributed by atoms with E-state index < -0.39 is 18.0 Å². The van der Waals surface area contributed by atoms with Crippen molar-refractivity contribution in [3.05, 3.63) is 107 Å². The lowest BCUT2D eigenvalue weighted by molar-refractivity contribution is -0.131. The molecule has 3 heterocycles. The zero-order valence-corrected chi connectivity index (χ0v) is 22.0. The molecule has 0 radical (unpaired) electrons. The molecule has 3 aromatic carbocycles. The number of hydrogen-bond donors (Lipinski definition) is 2. The summed E-state index contributed by atoms with van der Waals surface area (Å²) in [6.45, 7) is 3.78. The Balaban J connectivity index is 1.26. The van der Waals surface area contributed by atoms with Gasteiger partial charge in [0, 0.05) is 46.5 Å². The fourth-order valence-electron chi connectivity index (χ4n) is 5.76. The number of aromatic nitrogens is 2. The van der Waals surface area contributed by atoms with Crippen molar-refractivity contribution in [3.63, 3.8) is 0 Å². The Morgan fingerprint density at radius 3 is 2.41 bits per heavy atom. The van der Waals surface area contributed by atoms with Gasteiger partial charge in [-0.05, 0) is 49.1 Å². The molecule has 2 atom stereocenters. The average Bonchev–Trinajstić information content (AvgIpc) is 3.57. The Hall–Kier alpha value is -4.85. The van der Waals surface area contributed by atoms with Gasteiger partial charge in [-0.1, -0.05) is 54.6 Å². The Morgan fingerprint density at radius 1 is 0.897 bits per heavy atom. The second kappa shape index (κ2) is 9.47. The van der Waals surface area contributed by atoms with Crippen LogP contribution in [-0.2, 0) is 23.2 Å². The molecular formula is C31H29N5O3. The number of nitrogens with one attached hydrogen (secondary N) is 2. The van der Waals surface area contributed by atoms with Crippen LogP contribution in [0.2, 0.25) is 0 Å². The van der Waals surface area contributed by atoms with Crippen LogP contribution in [0.4, 0.5) is 0 Å². The molecule has 0 aliphatic carbocycles. The smallest absolute Gasteiger partial charge is 0.260 e. The lowest BCUT2D eigenvalue weighted by atomic mass is 9.95. The third-order valence-corrected chi connectivity index (χ3v) is 7.84. The van der Waals surface area contributed by atoms with Gasteiger partial charge in [-0.25, -0.2) is 0 Å². The molecule has 8 nitrogen and oxygen atoms in total. The van der Waals surface area contributed by atoms with Crippen molar-refractivity contribution >= 4 is 39.5 Å². The fourth-order valence-corrected chi connectivity index (χ4v) is 5.76. The highest BCUT2D eigenvalue weighted by Gasteiger charge is 2.44. The van der Waals surface area contributed by atoms with Gasteiger partial charge in [-0.2, -0.15) is 0 Å². The van der Waals surface area contributed by atoms with Crippen LogP contribution in [0.1, 0.15) is 40.1 Å². The summed E-state index contributed by atoms with van der Waals surface area (Å²) in [5.74, 6) is -1.05. The molecule has 3 amide bonds. The van der Waals surface area contributed by atoms with Crippen LogP contribution in [0, 0.1) is 6.92 Å². The second-order valence-corrected chi connectivity index (χ2v) is 9.99. The number of nitrogens with zero attached hydrogens (tertiary/aromatic N) is 3. The minimum atomic E-state index is -0.846. The number of rotatable bonds is 5. The molecule has 8 heteroatoms. The third-order valence-electron chi connectivity index (χ3n) is 7.84. The molecule has 196 valence electrons. The van der Waals surface area contributed by atoms with Crippen LogP contribution in [0.25, 0.3) is 21.8 Å². The number of carbonyl (C=O) groups excluding carboxylic acids is 3. The third kappa shape index (κ3) is 3.96. The van der Waals surface area contributed by atoms with E-state index in [1.165, 1.54) is 0 Å². The Kier molecular flexibility index (Phi) is 5.95. The fraction of sp³-hybridized carbons (Fsp3) is 0.194. The number of amides is 3. The standard InChI is InChI=1S/C31H29N5O3/c1-19-28(24-13-7-9-15-26(24)34(19)3)29-22-11-5-6-12-23(22)31(39)36(29)20(2)30(38)33-32-27(37)18-35-17-16-21-10-4-8-14-25(21)35/h4-17,20,29H,18H2,1-3H3,(H,32,37)(H,33,38). The van der Waals surface area contributed by atoms with Crippen molar-refractivity contribution in [3.8, 4) is 0 Å². The number of hydrazine groups is 1. The van der Waals surface area contributed by atoms with Gasteiger partial charge in [0.05, 0.1) is 6.04 Å². The van der Waals surface area contributed by atoms with Crippen molar-refractivity contribution in [2.75, 3.05) is 0 Å². The Labute approximate surface area is 225 Å². The normalized spacial score (nSPS) is 15.5. The summed E-state index contributed by atoms with van der Waals surface area (Å²) < 4.78 is 3.93. The van der Waals surface area contributed by atoms with Crippen molar-refractivity contribution in [2.45, 2.75) is 32.5 Å². The molecule has 0 fully saturated rings. The predicted octanol–water partition coefficient (Wildman–Crippen LogP) is 4.22. The Bertz CT molecular complexity index is 1760. The van der Waals surface area contributed by atoms with Gasteiger partial charge >= 0.3 is 0 Å². The van der Waals surface area contributed by atoms with E-state index in [9.17, 15) is 14.4 Å². The number of aryl methyl sites for hydroxylation is 1. The molecule has 0 bridgehead atoms. The molecule has 2 unspecified atom stereocenters. The van der Waals surface area contributed by atoms with E-state index in [2.05, 4.69) is 27.6 Å². The molecular weight excluding hydrogens is 490 g/mol. The van der Waals surface area contributed by atoms with Crippen LogP contribution in [0.15, 0.2) is 85.1 Å². The van der Waals surface area contributed by atoms with Gasteiger partial charge in [-0.3, -0.25) is 25.2 Å². The molecule has 2 aromatic heterocycles. The molecule has 39 heavy (non-hydrogen) atoms. The monoisotopic (exact) mass is 519 g/mol. The summed E-state index contributed by atoms with van der Waals surface area (Å²) in [5, 5.41) is 2.07. The van der Waals surface area contributed by atoms with Crippen LogP contribution in [0.3, 0.4) is 0 Å². The van der Waals surface area contributed by atoms with Crippen molar-refractivity contribution in [1.82, 2.24) is 24.9 Å². The topological polar surface area (TPSA) is 88.4 Å². The van der Waals surface area contributed by atoms with Gasteiger partial charge in [0.2, 0.25) is 0 Å². The predicted molar refractivity (Wildman–Crippen MR) is 150 cm³/mol. The highest BCUT2D eigenvalue weighted by molar-refractivity contribution is 6.03. The summed E-state index contributed by atoms with van der Waals surface area (Å²) in [4.78, 5) is 41.4. The minimum Gasteiger partial charge on any atom is -0.348 e. The van der Waals surface area contributed by atoms with E-state index in [1.807, 2.05) is 85.4 Å². The first-order chi connectivity index (χ1) is 18.9. The summed E-state index contributed by atoms with van der Waals surface area (Å²) in [5.41, 5.74) is 10.5. The van der Waals surface area contributed by atoms with E-state index in [0.717, 1.165) is 38.6 Å². The molecule has 1 aliphatic rings. The summed E-state index contributed by atoms with van der Waals surface area (Å²) in [6.07, 6.45) is 1.84. The van der Waals surface area contributed by atoms with Gasteiger partial charge in [0.25, 0.3) is 17.7 Å². The first-order valence-corrected chi connectivity index (χ1v) is 12.9. The SMILES string of the molecule is Cc1c(C2c3ccccc3C(=O)N2C(C)C(=O)NNC(=O)Cn2ccc3ccccc32)c2ccccc2n1C. The van der Waals surface area contributed by atoms with Gasteiger partial charge in [0.1, 0.15) is 12.6 Å². The van der Waals surface area contributed by atoms with Gasteiger partial charge in [0.15, 0.2) is 0 Å². The number of para-hydroxylation sites is 2. The van der Waals surface area contributed by atoms with Crippen LogP contribution < -0.4 is 10.9 Å². The lowest BCUT2D eigenvalue weighted by Gasteiger charge is -2.31. The number of fused-ring (bicyclic) bond motifs is 3. The van der Waals surface area contributed by atoms with Crippen molar-refractivity contribution in [1.29, 1.82) is 0 Å². The minimum absolute atomic E-state index is 0.0497. The van der Waals surface area contributed by atoms with Crippen LogP contribution in [-0.4, -0.2) is 37.8 Å². The molecule has 0 spiro atoms. The maximum Gasteiger partial charge on any atom is 0.260 e. The first-order valence-electron chi connectivity index (χ1n) is 12.9.